The largest absolute Gasteiger partial charge is 0.393 e. The first-order valence-corrected chi connectivity index (χ1v) is 11.9. The number of fused-ring (bicyclic) bond motifs is 1. The van der Waals surface area contributed by atoms with E-state index in [0.717, 1.165) is 42.4 Å². The molecule has 3 aliphatic rings. The highest BCUT2D eigenvalue weighted by atomic mass is 16.3. The molecule has 0 spiro atoms. The summed E-state index contributed by atoms with van der Waals surface area (Å²) in [5.41, 5.74) is 0. The second kappa shape index (κ2) is 10.3. The van der Waals surface area contributed by atoms with Crippen LogP contribution in [0.15, 0.2) is 0 Å². The number of rotatable bonds is 8. The monoisotopic (exact) mass is 348 g/mol. The van der Waals surface area contributed by atoms with E-state index in [4.69, 9.17) is 0 Å². The van der Waals surface area contributed by atoms with Crippen LogP contribution in [0.25, 0.3) is 0 Å². The number of unbranched alkanes of at least 4 members (excludes halogenated alkanes) is 5. The lowest BCUT2D eigenvalue weighted by Crippen LogP contribution is -2.36. The third-order valence-corrected chi connectivity index (χ3v) is 8.15. The zero-order valence-electron chi connectivity index (χ0n) is 16.9. The quantitative estimate of drug-likeness (QED) is 0.463. The third kappa shape index (κ3) is 5.98. The van der Waals surface area contributed by atoms with E-state index in [2.05, 4.69) is 6.92 Å². The van der Waals surface area contributed by atoms with Crippen LogP contribution in [0, 0.1) is 29.6 Å². The van der Waals surface area contributed by atoms with Crippen LogP contribution < -0.4 is 0 Å². The van der Waals surface area contributed by atoms with Crippen LogP contribution in [-0.4, -0.2) is 11.2 Å². The number of aliphatic hydroxyl groups is 1. The fourth-order valence-electron chi connectivity index (χ4n) is 6.50. The molecule has 0 radical (unpaired) electrons. The molecular formula is C24H44O. The van der Waals surface area contributed by atoms with Crippen molar-refractivity contribution < 1.29 is 5.11 Å². The van der Waals surface area contributed by atoms with Crippen LogP contribution in [0.3, 0.4) is 0 Å². The summed E-state index contributed by atoms with van der Waals surface area (Å²) in [7, 11) is 0. The maximum Gasteiger partial charge on any atom is 0.0543 e. The minimum absolute atomic E-state index is 0.0214. The summed E-state index contributed by atoms with van der Waals surface area (Å²) < 4.78 is 0. The molecule has 4 unspecified atom stereocenters. The standard InChI is InChI=1S/C24H44O/c1-2-3-4-5-6-7-8-19-9-11-20(12-10-19)22-14-13-21-15-16-24(25)18-23(21)17-22/h19-25H,2-18H2,1H3. The SMILES string of the molecule is CCCCCCCCC1CCC(C2CCC3CCC(O)CC3C2)CC1. The Morgan fingerprint density at radius 1 is 0.600 bits per heavy atom. The summed E-state index contributed by atoms with van der Waals surface area (Å²) in [6.07, 6.45) is 24.3. The second-order valence-corrected chi connectivity index (χ2v) is 9.90. The molecule has 0 aromatic heterocycles. The molecule has 1 nitrogen and oxygen atoms in total. The van der Waals surface area contributed by atoms with E-state index in [0.29, 0.717) is 0 Å². The molecule has 4 atom stereocenters. The summed E-state index contributed by atoms with van der Waals surface area (Å²) in [6.45, 7) is 2.31. The molecule has 146 valence electrons. The first kappa shape index (κ1) is 19.7. The fraction of sp³-hybridized carbons (Fsp3) is 1.00. The van der Waals surface area contributed by atoms with Gasteiger partial charge in [-0.15, -0.1) is 0 Å². The minimum Gasteiger partial charge on any atom is -0.393 e. The Balaban J connectivity index is 1.31. The molecule has 3 rings (SSSR count). The first-order chi connectivity index (χ1) is 12.3. The molecule has 0 aromatic carbocycles. The zero-order valence-corrected chi connectivity index (χ0v) is 16.9. The molecule has 1 heteroatoms. The number of hydrogen-bond donors (Lipinski definition) is 1. The van der Waals surface area contributed by atoms with Gasteiger partial charge in [0.05, 0.1) is 6.10 Å². The molecular weight excluding hydrogens is 304 g/mol. The molecule has 0 amide bonds. The molecule has 25 heavy (non-hydrogen) atoms. The maximum atomic E-state index is 10.0. The van der Waals surface area contributed by atoms with E-state index in [1.54, 1.807) is 0 Å². The van der Waals surface area contributed by atoms with Gasteiger partial charge >= 0.3 is 0 Å². The highest BCUT2D eigenvalue weighted by molar-refractivity contribution is 4.89. The van der Waals surface area contributed by atoms with Crippen molar-refractivity contribution in [2.24, 2.45) is 29.6 Å². The van der Waals surface area contributed by atoms with Gasteiger partial charge in [0.15, 0.2) is 0 Å². The number of aliphatic hydroxyl groups excluding tert-OH is 1. The Kier molecular flexibility index (Phi) is 8.15. The first-order valence-electron chi connectivity index (χ1n) is 11.9. The van der Waals surface area contributed by atoms with Gasteiger partial charge in [0, 0.05) is 0 Å². The van der Waals surface area contributed by atoms with Gasteiger partial charge in [0.1, 0.15) is 0 Å². The molecule has 0 heterocycles. The Bertz CT molecular complexity index is 357. The van der Waals surface area contributed by atoms with Gasteiger partial charge in [-0.2, -0.15) is 0 Å². The third-order valence-electron chi connectivity index (χ3n) is 8.15. The minimum atomic E-state index is 0.0214. The Labute approximate surface area is 157 Å². The van der Waals surface area contributed by atoms with Crippen LogP contribution >= 0.6 is 0 Å². The summed E-state index contributed by atoms with van der Waals surface area (Å²) in [4.78, 5) is 0. The Morgan fingerprint density at radius 2 is 1.20 bits per heavy atom. The smallest absolute Gasteiger partial charge is 0.0543 e. The van der Waals surface area contributed by atoms with Gasteiger partial charge in [-0.05, 0) is 81.0 Å². The van der Waals surface area contributed by atoms with Crippen molar-refractivity contribution in [2.75, 3.05) is 0 Å². The van der Waals surface area contributed by atoms with Crippen LogP contribution in [0.4, 0.5) is 0 Å². The lowest BCUT2D eigenvalue weighted by Gasteiger charge is -2.44. The molecule has 0 saturated heterocycles. The van der Waals surface area contributed by atoms with Crippen LogP contribution in [0.5, 0.6) is 0 Å². The predicted molar refractivity (Wildman–Crippen MR) is 108 cm³/mol. The molecule has 1 N–H and O–H groups in total. The molecule has 0 aromatic rings. The molecule has 0 bridgehead atoms. The summed E-state index contributed by atoms with van der Waals surface area (Å²) in [6, 6.07) is 0. The van der Waals surface area contributed by atoms with E-state index in [9.17, 15) is 5.11 Å². The van der Waals surface area contributed by atoms with Gasteiger partial charge < -0.3 is 5.11 Å². The van der Waals surface area contributed by atoms with Crippen molar-refractivity contribution in [1.29, 1.82) is 0 Å². The van der Waals surface area contributed by atoms with Gasteiger partial charge in [-0.3, -0.25) is 0 Å². The van der Waals surface area contributed by atoms with Crippen LogP contribution in [-0.2, 0) is 0 Å². The average Bonchev–Trinajstić information content (AvgIpc) is 2.64. The fourth-order valence-corrected chi connectivity index (χ4v) is 6.50. The molecule has 0 aliphatic heterocycles. The molecule has 3 aliphatic carbocycles. The highest BCUT2D eigenvalue weighted by Gasteiger charge is 2.38. The highest BCUT2D eigenvalue weighted by Crippen LogP contribution is 2.48. The van der Waals surface area contributed by atoms with Gasteiger partial charge in [-0.1, -0.05) is 64.7 Å². The topological polar surface area (TPSA) is 20.2 Å². The normalized spacial score (nSPS) is 39.1. The van der Waals surface area contributed by atoms with Crippen molar-refractivity contribution in [3.05, 3.63) is 0 Å². The molecule has 3 saturated carbocycles. The summed E-state index contributed by atoms with van der Waals surface area (Å²) in [5, 5.41) is 10.0. The lowest BCUT2D eigenvalue weighted by atomic mass is 9.62. The van der Waals surface area contributed by atoms with Crippen molar-refractivity contribution in [1.82, 2.24) is 0 Å². The molecule has 3 fully saturated rings. The van der Waals surface area contributed by atoms with Gasteiger partial charge in [0.2, 0.25) is 0 Å². The Morgan fingerprint density at radius 3 is 2.00 bits per heavy atom. The predicted octanol–water partition coefficient (Wildman–Crippen LogP) is 7.12. The van der Waals surface area contributed by atoms with Crippen LogP contribution in [0.1, 0.15) is 116 Å². The van der Waals surface area contributed by atoms with Gasteiger partial charge in [0.25, 0.3) is 0 Å². The van der Waals surface area contributed by atoms with Crippen molar-refractivity contribution in [3.63, 3.8) is 0 Å². The van der Waals surface area contributed by atoms with Crippen molar-refractivity contribution in [3.8, 4) is 0 Å². The van der Waals surface area contributed by atoms with Crippen molar-refractivity contribution >= 4 is 0 Å². The van der Waals surface area contributed by atoms with E-state index < -0.39 is 0 Å². The van der Waals surface area contributed by atoms with E-state index in [1.807, 2.05) is 0 Å². The zero-order chi connectivity index (χ0) is 17.5. The lowest BCUT2D eigenvalue weighted by molar-refractivity contribution is 0.0179. The summed E-state index contributed by atoms with van der Waals surface area (Å²) >= 11 is 0. The summed E-state index contributed by atoms with van der Waals surface area (Å²) in [5.74, 6) is 4.91. The van der Waals surface area contributed by atoms with E-state index in [1.165, 1.54) is 96.3 Å². The van der Waals surface area contributed by atoms with E-state index in [-0.39, 0.29) is 6.10 Å². The van der Waals surface area contributed by atoms with Gasteiger partial charge in [-0.25, -0.2) is 0 Å². The number of hydrogen-bond acceptors (Lipinski definition) is 1. The van der Waals surface area contributed by atoms with Crippen molar-refractivity contribution in [2.45, 2.75) is 122 Å². The Hall–Kier alpha value is -0.0400. The maximum absolute atomic E-state index is 10.0. The second-order valence-electron chi connectivity index (χ2n) is 9.90. The van der Waals surface area contributed by atoms with Crippen LogP contribution in [0.2, 0.25) is 0 Å². The van der Waals surface area contributed by atoms with E-state index >= 15 is 0 Å². The average molecular weight is 349 g/mol.